The fraction of sp³-hybridized carbons (Fsp3) is 0.583. The molecule has 0 amide bonds. The SMILES string of the molecule is Cc1cc(Cl)cnc1C1(F)CCN(C)CC1. The van der Waals surface area contributed by atoms with Gasteiger partial charge in [-0.05, 0) is 38.4 Å². The Morgan fingerprint density at radius 1 is 1.44 bits per heavy atom. The molecule has 4 heteroatoms. The Balaban J connectivity index is 2.29. The first-order valence-electron chi connectivity index (χ1n) is 5.51. The molecule has 0 spiro atoms. The smallest absolute Gasteiger partial charge is 0.155 e. The van der Waals surface area contributed by atoms with E-state index in [1.54, 1.807) is 6.07 Å². The van der Waals surface area contributed by atoms with Crippen LogP contribution in [0.5, 0.6) is 0 Å². The van der Waals surface area contributed by atoms with E-state index in [4.69, 9.17) is 11.6 Å². The number of pyridine rings is 1. The summed E-state index contributed by atoms with van der Waals surface area (Å²) in [6.07, 6.45) is 2.56. The molecule has 1 aromatic heterocycles. The quantitative estimate of drug-likeness (QED) is 0.753. The lowest BCUT2D eigenvalue weighted by molar-refractivity contribution is 0.0627. The number of hydrogen-bond donors (Lipinski definition) is 0. The third-order valence-corrected chi connectivity index (χ3v) is 3.46. The van der Waals surface area contributed by atoms with E-state index < -0.39 is 5.67 Å². The molecule has 2 nitrogen and oxygen atoms in total. The molecule has 16 heavy (non-hydrogen) atoms. The van der Waals surface area contributed by atoms with Gasteiger partial charge in [-0.2, -0.15) is 0 Å². The molecule has 0 N–H and O–H groups in total. The van der Waals surface area contributed by atoms with Crippen LogP contribution in [0.4, 0.5) is 4.39 Å². The van der Waals surface area contributed by atoms with Gasteiger partial charge < -0.3 is 4.90 Å². The molecule has 1 aliphatic heterocycles. The highest BCUT2D eigenvalue weighted by Gasteiger charge is 2.37. The Kier molecular flexibility index (Phi) is 3.17. The van der Waals surface area contributed by atoms with Crippen molar-refractivity contribution in [3.8, 4) is 0 Å². The second-order valence-electron chi connectivity index (χ2n) is 4.59. The summed E-state index contributed by atoms with van der Waals surface area (Å²) < 4.78 is 14.7. The summed E-state index contributed by atoms with van der Waals surface area (Å²) in [5.41, 5.74) is 0.130. The van der Waals surface area contributed by atoms with Crippen molar-refractivity contribution in [1.29, 1.82) is 0 Å². The number of hydrogen-bond acceptors (Lipinski definition) is 2. The number of aryl methyl sites for hydroxylation is 1. The summed E-state index contributed by atoms with van der Waals surface area (Å²) in [6, 6.07) is 1.78. The van der Waals surface area contributed by atoms with Gasteiger partial charge in [0.15, 0.2) is 5.67 Å². The second kappa shape index (κ2) is 4.30. The van der Waals surface area contributed by atoms with Crippen LogP contribution in [0.2, 0.25) is 5.02 Å². The predicted molar refractivity (Wildman–Crippen MR) is 63.5 cm³/mol. The van der Waals surface area contributed by atoms with Gasteiger partial charge in [-0.3, -0.25) is 4.98 Å². The molecular weight excluding hydrogens is 227 g/mol. The van der Waals surface area contributed by atoms with Crippen molar-refractivity contribution in [2.75, 3.05) is 20.1 Å². The maximum Gasteiger partial charge on any atom is 0.155 e. The maximum atomic E-state index is 14.7. The molecule has 2 heterocycles. The van der Waals surface area contributed by atoms with E-state index in [9.17, 15) is 4.39 Å². The first-order valence-corrected chi connectivity index (χ1v) is 5.89. The molecule has 1 aliphatic rings. The monoisotopic (exact) mass is 242 g/mol. The third-order valence-electron chi connectivity index (χ3n) is 3.25. The van der Waals surface area contributed by atoms with Crippen LogP contribution in [0.1, 0.15) is 24.1 Å². The third kappa shape index (κ3) is 2.20. The summed E-state index contributed by atoms with van der Waals surface area (Å²) in [5, 5.41) is 0.567. The summed E-state index contributed by atoms with van der Waals surface area (Å²) in [6.45, 7) is 3.42. The molecule has 88 valence electrons. The van der Waals surface area contributed by atoms with Gasteiger partial charge >= 0.3 is 0 Å². The van der Waals surface area contributed by atoms with Crippen molar-refractivity contribution in [1.82, 2.24) is 9.88 Å². The minimum Gasteiger partial charge on any atom is -0.306 e. The fourth-order valence-electron chi connectivity index (χ4n) is 2.22. The van der Waals surface area contributed by atoms with E-state index in [1.807, 2.05) is 14.0 Å². The molecule has 1 fully saturated rings. The van der Waals surface area contributed by atoms with Gasteiger partial charge in [0.05, 0.1) is 10.7 Å². The van der Waals surface area contributed by atoms with Gasteiger partial charge in [0.25, 0.3) is 0 Å². The van der Waals surface area contributed by atoms with E-state index in [2.05, 4.69) is 9.88 Å². The summed E-state index contributed by atoms with van der Waals surface area (Å²) in [5.74, 6) is 0. The molecule has 0 radical (unpaired) electrons. The first-order chi connectivity index (χ1) is 7.51. The molecular formula is C12H16ClFN2. The average molecular weight is 243 g/mol. The van der Waals surface area contributed by atoms with Crippen molar-refractivity contribution in [3.05, 3.63) is 28.5 Å². The van der Waals surface area contributed by atoms with Crippen LogP contribution in [-0.4, -0.2) is 30.0 Å². The first kappa shape index (κ1) is 11.8. The van der Waals surface area contributed by atoms with E-state index in [0.717, 1.165) is 18.7 Å². The Morgan fingerprint density at radius 3 is 2.62 bits per heavy atom. The lowest BCUT2D eigenvalue weighted by Gasteiger charge is -2.34. The zero-order valence-electron chi connectivity index (χ0n) is 9.63. The van der Waals surface area contributed by atoms with Crippen LogP contribution in [0.3, 0.4) is 0 Å². The van der Waals surface area contributed by atoms with Crippen molar-refractivity contribution < 1.29 is 4.39 Å². The number of likely N-dealkylation sites (tertiary alicyclic amines) is 1. The van der Waals surface area contributed by atoms with Crippen molar-refractivity contribution in [3.63, 3.8) is 0 Å². The number of rotatable bonds is 1. The standard InChI is InChI=1S/C12H16ClFN2/c1-9-7-10(13)8-15-11(9)12(14)3-5-16(2)6-4-12/h7-8H,3-6H2,1-2H3. The Bertz CT molecular complexity index is 387. The molecule has 0 unspecified atom stereocenters. The topological polar surface area (TPSA) is 16.1 Å². The average Bonchev–Trinajstić information content (AvgIpc) is 2.22. The normalized spacial score (nSPS) is 21.0. The molecule has 0 saturated carbocycles. The molecule has 2 rings (SSSR count). The Hall–Kier alpha value is -0.670. The summed E-state index contributed by atoms with van der Waals surface area (Å²) in [7, 11) is 2.02. The van der Waals surface area contributed by atoms with E-state index in [1.165, 1.54) is 6.20 Å². The lowest BCUT2D eigenvalue weighted by Crippen LogP contribution is -2.38. The van der Waals surface area contributed by atoms with Gasteiger partial charge in [-0.25, -0.2) is 4.39 Å². The Labute approximate surface area is 100 Å². The van der Waals surface area contributed by atoms with E-state index in [-0.39, 0.29) is 0 Å². The van der Waals surface area contributed by atoms with Crippen LogP contribution in [0, 0.1) is 6.92 Å². The molecule has 1 saturated heterocycles. The zero-order valence-corrected chi connectivity index (χ0v) is 10.4. The van der Waals surface area contributed by atoms with Crippen LogP contribution < -0.4 is 0 Å². The van der Waals surface area contributed by atoms with Gasteiger partial charge in [0, 0.05) is 19.3 Å². The number of nitrogens with zero attached hydrogens (tertiary/aromatic N) is 2. The lowest BCUT2D eigenvalue weighted by atomic mass is 9.88. The van der Waals surface area contributed by atoms with Gasteiger partial charge in [0.1, 0.15) is 0 Å². The van der Waals surface area contributed by atoms with E-state index in [0.29, 0.717) is 23.6 Å². The van der Waals surface area contributed by atoms with E-state index >= 15 is 0 Å². The minimum absolute atomic E-state index is 0.513. The summed E-state index contributed by atoms with van der Waals surface area (Å²) >= 11 is 5.83. The highest BCUT2D eigenvalue weighted by atomic mass is 35.5. The van der Waals surface area contributed by atoms with Gasteiger partial charge in [-0.1, -0.05) is 11.6 Å². The number of halogens is 2. The second-order valence-corrected chi connectivity index (χ2v) is 5.02. The van der Waals surface area contributed by atoms with Crippen molar-refractivity contribution >= 4 is 11.6 Å². The van der Waals surface area contributed by atoms with Crippen LogP contribution in [0.15, 0.2) is 12.3 Å². The van der Waals surface area contributed by atoms with Gasteiger partial charge in [-0.15, -0.1) is 0 Å². The molecule has 0 bridgehead atoms. The molecule has 0 aliphatic carbocycles. The zero-order chi connectivity index (χ0) is 11.8. The fourth-order valence-corrected chi connectivity index (χ4v) is 2.43. The minimum atomic E-state index is -1.28. The maximum absolute atomic E-state index is 14.7. The molecule has 0 atom stereocenters. The number of alkyl halides is 1. The van der Waals surface area contributed by atoms with Gasteiger partial charge in [0.2, 0.25) is 0 Å². The highest BCUT2D eigenvalue weighted by molar-refractivity contribution is 6.30. The highest BCUT2D eigenvalue weighted by Crippen LogP contribution is 2.37. The largest absolute Gasteiger partial charge is 0.306 e. The predicted octanol–water partition coefficient (Wildman–Crippen LogP) is 2.93. The van der Waals surface area contributed by atoms with Crippen LogP contribution >= 0.6 is 11.6 Å². The Morgan fingerprint density at radius 2 is 2.06 bits per heavy atom. The van der Waals surface area contributed by atoms with Crippen molar-refractivity contribution in [2.24, 2.45) is 0 Å². The van der Waals surface area contributed by atoms with Crippen molar-refractivity contribution in [2.45, 2.75) is 25.4 Å². The number of aromatic nitrogens is 1. The van der Waals surface area contributed by atoms with Crippen LogP contribution in [0.25, 0.3) is 0 Å². The molecule has 0 aromatic carbocycles. The number of piperidine rings is 1. The summed E-state index contributed by atoms with van der Waals surface area (Å²) in [4.78, 5) is 6.31. The van der Waals surface area contributed by atoms with Crippen LogP contribution in [-0.2, 0) is 5.67 Å². The molecule has 1 aromatic rings.